The third kappa shape index (κ3) is 4.47. The molecule has 7 heteroatoms. The number of nitrogens with zero attached hydrogens (tertiary/aromatic N) is 2. The zero-order chi connectivity index (χ0) is 21.9. The predicted octanol–water partition coefficient (Wildman–Crippen LogP) is 6.77. The SMILES string of the molecule is O=C(Nc1ccc(Cl)c(-c2ccc3[nH]ccc3n2)c1)c1ccc(N2CCCCCS2)cc1. The zero-order valence-electron chi connectivity index (χ0n) is 17.5. The summed E-state index contributed by atoms with van der Waals surface area (Å²) in [7, 11) is 0. The van der Waals surface area contributed by atoms with Crippen molar-refractivity contribution in [3.8, 4) is 11.3 Å². The van der Waals surface area contributed by atoms with Crippen molar-refractivity contribution in [1.29, 1.82) is 0 Å². The molecule has 3 heterocycles. The number of fused-ring (bicyclic) bond motifs is 1. The number of nitrogens with one attached hydrogen (secondary N) is 2. The van der Waals surface area contributed by atoms with Gasteiger partial charge in [0.2, 0.25) is 0 Å². The molecular weight excluding hydrogens is 440 g/mol. The molecule has 162 valence electrons. The average molecular weight is 463 g/mol. The van der Waals surface area contributed by atoms with Crippen LogP contribution in [0.5, 0.6) is 0 Å². The van der Waals surface area contributed by atoms with Gasteiger partial charge in [0.05, 0.1) is 21.7 Å². The lowest BCUT2D eigenvalue weighted by molar-refractivity contribution is 0.102. The van der Waals surface area contributed by atoms with Crippen molar-refractivity contribution >= 4 is 51.9 Å². The number of rotatable bonds is 4. The number of aromatic amines is 1. The van der Waals surface area contributed by atoms with Crippen molar-refractivity contribution in [2.75, 3.05) is 21.9 Å². The molecule has 0 atom stereocenters. The molecule has 0 radical (unpaired) electrons. The van der Waals surface area contributed by atoms with E-state index in [0.29, 0.717) is 16.3 Å². The normalized spacial score (nSPS) is 14.3. The Morgan fingerprint density at radius 2 is 1.91 bits per heavy atom. The van der Waals surface area contributed by atoms with Crippen LogP contribution in [0, 0.1) is 0 Å². The molecule has 2 N–H and O–H groups in total. The maximum atomic E-state index is 12.8. The van der Waals surface area contributed by atoms with Gasteiger partial charge >= 0.3 is 0 Å². The second-order valence-electron chi connectivity index (χ2n) is 7.80. The summed E-state index contributed by atoms with van der Waals surface area (Å²) in [4.78, 5) is 20.7. The Morgan fingerprint density at radius 3 is 2.78 bits per heavy atom. The molecule has 1 aliphatic rings. The standard InChI is InChI=1S/C25H23ClN4OS/c26-21-9-6-18(16-20(21)22-10-11-23-24(29-22)12-13-27-23)28-25(31)17-4-7-19(8-5-17)30-14-2-1-3-15-32-30/h4-13,16,27H,1-3,14-15H2,(H,28,31). The fourth-order valence-corrected chi connectivity index (χ4v) is 5.14. The van der Waals surface area contributed by atoms with Crippen LogP contribution >= 0.6 is 23.5 Å². The smallest absolute Gasteiger partial charge is 0.255 e. The molecule has 1 saturated heterocycles. The van der Waals surface area contributed by atoms with E-state index in [1.165, 1.54) is 19.3 Å². The van der Waals surface area contributed by atoms with E-state index in [-0.39, 0.29) is 5.91 Å². The first kappa shape index (κ1) is 20.9. The number of carbonyl (C=O) groups excluding carboxylic acids is 1. The van der Waals surface area contributed by atoms with E-state index in [4.69, 9.17) is 11.6 Å². The van der Waals surface area contributed by atoms with Gasteiger partial charge in [-0.05, 0) is 85.5 Å². The van der Waals surface area contributed by atoms with Gasteiger partial charge in [0.25, 0.3) is 5.91 Å². The van der Waals surface area contributed by atoms with Gasteiger partial charge in [0.15, 0.2) is 0 Å². The van der Waals surface area contributed by atoms with Crippen molar-refractivity contribution < 1.29 is 4.79 Å². The maximum Gasteiger partial charge on any atom is 0.255 e. The maximum absolute atomic E-state index is 12.8. The first-order valence-electron chi connectivity index (χ1n) is 10.7. The van der Waals surface area contributed by atoms with Crippen molar-refractivity contribution in [1.82, 2.24) is 9.97 Å². The Hall–Kier alpha value is -2.96. The highest BCUT2D eigenvalue weighted by atomic mass is 35.5. The number of H-pyrrole nitrogens is 1. The van der Waals surface area contributed by atoms with E-state index in [0.717, 1.165) is 40.3 Å². The average Bonchev–Trinajstić information content (AvgIpc) is 3.12. The molecule has 0 spiro atoms. The van der Waals surface area contributed by atoms with Crippen LogP contribution in [-0.4, -0.2) is 28.2 Å². The fourth-order valence-electron chi connectivity index (χ4n) is 3.84. The van der Waals surface area contributed by atoms with Crippen LogP contribution in [0.3, 0.4) is 0 Å². The number of aromatic nitrogens is 2. The van der Waals surface area contributed by atoms with Gasteiger partial charge < -0.3 is 14.6 Å². The molecule has 5 rings (SSSR count). The van der Waals surface area contributed by atoms with Gasteiger partial charge in [-0.1, -0.05) is 18.0 Å². The number of anilines is 2. The Balaban J connectivity index is 1.33. The topological polar surface area (TPSA) is 61.0 Å². The first-order chi connectivity index (χ1) is 15.7. The third-order valence-electron chi connectivity index (χ3n) is 5.58. The molecule has 1 fully saturated rings. The Labute approximate surface area is 196 Å². The third-order valence-corrected chi connectivity index (χ3v) is 7.08. The van der Waals surface area contributed by atoms with Crippen molar-refractivity contribution in [3.63, 3.8) is 0 Å². The summed E-state index contributed by atoms with van der Waals surface area (Å²) in [5.41, 5.74) is 5.83. The highest BCUT2D eigenvalue weighted by Gasteiger charge is 2.13. The lowest BCUT2D eigenvalue weighted by Gasteiger charge is -2.21. The summed E-state index contributed by atoms with van der Waals surface area (Å²) in [6, 6.07) is 19.1. The molecule has 0 aliphatic carbocycles. The lowest BCUT2D eigenvalue weighted by Crippen LogP contribution is -2.15. The predicted molar refractivity (Wildman–Crippen MR) is 135 cm³/mol. The number of benzene rings is 2. The van der Waals surface area contributed by atoms with Crippen LogP contribution < -0.4 is 9.62 Å². The van der Waals surface area contributed by atoms with Gasteiger partial charge in [-0.25, -0.2) is 4.98 Å². The van der Waals surface area contributed by atoms with E-state index in [1.807, 2.05) is 66.7 Å². The van der Waals surface area contributed by atoms with Crippen LogP contribution in [-0.2, 0) is 0 Å². The molecular formula is C25H23ClN4OS. The molecule has 1 amide bonds. The van der Waals surface area contributed by atoms with Crippen LogP contribution in [0.1, 0.15) is 29.6 Å². The largest absolute Gasteiger partial charge is 0.360 e. The van der Waals surface area contributed by atoms with Crippen LogP contribution in [0.4, 0.5) is 11.4 Å². The molecule has 4 aromatic rings. The molecule has 0 unspecified atom stereocenters. The second-order valence-corrected chi connectivity index (χ2v) is 9.31. The van der Waals surface area contributed by atoms with Gasteiger partial charge in [0.1, 0.15) is 0 Å². The van der Waals surface area contributed by atoms with E-state index in [1.54, 1.807) is 12.1 Å². The summed E-state index contributed by atoms with van der Waals surface area (Å²) in [5, 5.41) is 3.57. The minimum absolute atomic E-state index is 0.151. The number of halogens is 1. The Morgan fingerprint density at radius 1 is 1.03 bits per heavy atom. The summed E-state index contributed by atoms with van der Waals surface area (Å²) in [6.45, 7) is 1.05. The second kappa shape index (κ2) is 9.27. The van der Waals surface area contributed by atoms with Gasteiger partial charge in [-0.15, -0.1) is 0 Å². The van der Waals surface area contributed by atoms with Crippen molar-refractivity contribution in [2.45, 2.75) is 19.3 Å². The molecule has 0 saturated carbocycles. The minimum Gasteiger partial charge on any atom is -0.360 e. The number of hydrogen-bond donors (Lipinski definition) is 2. The quantitative estimate of drug-likeness (QED) is 0.328. The van der Waals surface area contributed by atoms with E-state index in [2.05, 4.69) is 19.6 Å². The highest BCUT2D eigenvalue weighted by Crippen LogP contribution is 2.31. The molecule has 2 aromatic carbocycles. The molecule has 5 nitrogen and oxygen atoms in total. The lowest BCUT2D eigenvalue weighted by atomic mass is 10.1. The monoisotopic (exact) mass is 462 g/mol. The fraction of sp³-hybridized carbons (Fsp3) is 0.200. The van der Waals surface area contributed by atoms with Crippen LogP contribution in [0.25, 0.3) is 22.3 Å². The molecule has 32 heavy (non-hydrogen) atoms. The van der Waals surface area contributed by atoms with Crippen LogP contribution in [0.15, 0.2) is 66.9 Å². The molecule has 1 aliphatic heterocycles. The van der Waals surface area contributed by atoms with E-state index < -0.39 is 0 Å². The van der Waals surface area contributed by atoms with Gasteiger partial charge in [-0.3, -0.25) is 4.79 Å². The van der Waals surface area contributed by atoms with Gasteiger partial charge in [-0.2, -0.15) is 0 Å². The number of hydrogen-bond acceptors (Lipinski definition) is 4. The molecule has 0 bridgehead atoms. The van der Waals surface area contributed by atoms with Gasteiger partial charge in [0, 0.05) is 41.0 Å². The Bertz CT molecular complexity index is 1250. The van der Waals surface area contributed by atoms with Crippen molar-refractivity contribution in [3.05, 3.63) is 77.4 Å². The highest BCUT2D eigenvalue weighted by molar-refractivity contribution is 8.00. The Kier molecular flexibility index (Phi) is 6.06. The minimum atomic E-state index is -0.151. The number of pyridine rings is 1. The summed E-state index contributed by atoms with van der Waals surface area (Å²) < 4.78 is 2.33. The summed E-state index contributed by atoms with van der Waals surface area (Å²) >= 11 is 8.31. The summed E-state index contributed by atoms with van der Waals surface area (Å²) in [6.07, 6.45) is 5.61. The van der Waals surface area contributed by atoms with Crippen molar-refractivity contribution in [2.24, 2.45) is 0 Å². The van der Waals surface area contributed by atoms with E-state index in [9.17, 15) is 4.79 Å². The molecule has 2 aromatic heterocycles. The zero-order valence-corrected chi connectivity index (χ0v) is 19.0. The van der Waals surface area contributed by atoms with Crippen LogP contribution in [0.2, 0.25) is 5.02 Å². The first-order valence-corrected chi connectivity index (χ1v) is 12.1. The number of carbonyl (C=O) groups is 1. The number of amides is 1. The van der Waals surface area contributed by atoms with E-state index >= 15 is 0 Å². The summed E-state index contributed by atoms with van der Waals surface area (Å²) in [5.74, 6) is 0.995.